The van der Waals surface area contributed by atoms with Crippen LogP contribution < -0.4 is 0 Å². The Hall–Kier alpha value is -1.54. The van der Waals surface area contributed by atoms with Crippen molar-refractivity contribution < 1.29 is 27.1 Å². The van der Waals surface area contributed by atoms with E-state index in [1.807, 2.05) is 0 Å². The van der Waals surface area contributed by atoms with Gasteiger partial charge in [-0.1, -0.05) is 0 Å². The third-order valence-electron chi connectivity index (χ3n) is 2.47. The zero-order valence-electron chi connectivity index (χ0n) is 9.59. The van der Waals surface area contributed by atoms with Gasteiger partial charge in [0, 0.05) is 7.05 Å². The molecule has 0 aliphatic rings. The second-order valence-corrected chi connectivity index (χ2v) is 5.61. The van der Waals surface area contributed by atoms with E-state index in [4.69, 9.17) is 5.11 Å². The summed E-state index contributed by atoms with van der Waals surface area (Å²) >= 11 is 0. The van der Waals surface area contributed by atoms with E-state index in [2.05, 4.69) is 0 Å². The lowest BCUT2D eigenvalue weighted by Gasteiger charge is -2.20. The second kappa shape index (κ2) is 4.99. The van der Waals surface area contributed by atoms with E-state index in [0.717, 1.165) is 13.1 Å². The summed E-state index contributed by atoms with van der Waals surface area (Å²) in [5.74, 6) is -3.83. The molecule has 8 heteroatoms. The third-order valence-corrected chi connectivity index (χ3v) is 4.39. The summed E-state index contributed by atoms with van der Waals surface area (Å²) in [5.41, 5.74) is 0. The summed E-state index contributed by atoms with van der Waals surface area (Å²) in [5, 5.41) is 8.72. The molecule has 5 nitrogen and oxygen atoms in total. The highest BCUT2D eigenvalue weighted by atomic mass is 32.2. The van der Waals surface area contributed by atoms with Gasteiger partial charge in [0.1, 0.15) is 6.04 Å². The zero-order chi connectivity index (χ0) is 14.1. The number of carboxylic acid groups (broad SMARTS) is 1. The van der Waals surface area contributed by atoms with Crippen molar-refractivity contribution in [3.05, 3.63) is 29.8 Å². The van der Waals surface area contributed by atoms with Crippen LogP contribution in [-0.2, 0) is 14.8 Å². The van der Waals surface area contributed by atoms with Gasteiger partial charge in [0.15, 0.2) is 11.6 Å². The largest absolute Gasteiger partial charge is 0.480 e. The van der Waals surface area contributed by atoms with Crippen LogP contribution in [0.15, 0.2) is 23.1 Å². The predicted octanol–water partition coefficient (Wildman–Crippen LogP) is 1.06. The summed E-state index contributed by atoms with van der Waals surface area (Å²) in [6.45, 7) is 1.17. The highest BCUT2D eigenvalue weighted by Gasteiger charge is 2.29. The van der Waals surface area contributed by atoms with E-state index in [9.17, 15) is 22.0 Å². The van der Waals surface area contributed by atoms with Crippen LogP contribution in [-0.4, -0.2) is 36.9 Å². The molecule has 1 unspecified atom stereocenters. The molecule has 100 valence electrons. The van der Waals surface area contributed by atoms with Crippen LogP contribution in [0, 0.1) is 11.6 Å². The number of hydrogen-bond donors (Lipinski definition) is 1. The fourth-order valence-corrected chi connectivity index (χ4v) is 2.50. The highest BCUT2D eigenvalue weighted by Crippen LogP contribution is 2.19. The smallest absolute Gasteiger partial charge is 0.321 e. The predicted molar refractivity (Wildman–Crippen MR) is 58.4 cm³/mol. The van der Waals surface area contributed by atoms with E-state index in [1.165, 1.54) is 6.92 Å². The first-order valence-corrected chi connectivity index (χ1v) is 6.28. The molecule has 0 spiro atoms. The maximum atomic E-state index is 13.0. The Bertz CT molecular complexity index is 573. The first-order valence-electron chi connectivity index (χ1n) is 4.84. The van der Waals surface area contributed by atoms with Crippen LogP contribution in [0.2, 0.25) is 0 Å². The van der Waals surface area contributed by atoms with Crippen molar-refractivity contribution in [3.63, 3.8) is 0 Å². The van der Waals surface area contributed by atoms with Crippen molar-refractivity contribution in [2.75, 3.05) is 7.05 Å². The average molecular weight is 279 g/mol. The molecule has 0 saturated heterocycles. The van der Waals surface area contributed by atoms with Gasteiger partial charge in [-0.15, -0.1) is 0 Å². The first kappa shape index (κ1) is 14.5. The number of carbonyl (C=O) groups is 1. The third kappa shape index (κ3) is 2.65. The fourth-order valence-electron chi connectivity index (χ4n) is 1.17. The average Bonchev–Trinajstić information content (AvgIpc) is 2.30. The van der Waals surface area contributed by atoms with Crippen LogP contribution in [0.1, 0.15) is 6.92 Å². The van der Waals surface area contributed by atoms with Crippen LogP contribution >= 0.6 is 0 Å². The summed E-state index contributed by atoms with van der Waals surface area (Å²) in [6.07, 6.45) is 0. The van der Waals surface area contributed by atoms with Crippen LogP contribution in [0.4, 0.5) is 8.78 Å². The van der Waals surface area contributed by atoms with E-state index in [-0.39, 0.29) is 0 Å². The van der Waals surface area contributed by atoms with Crippen molar-refractivity contribution in [1.29, 1.82) is 0 Å². The van der Waals surface area contributed by atoms with Gasteiger partial charge in [0.2, 0.25) is 10.0 Å². The number of sulfonamides is 1. The van der Waals surface area contributed by atoms with Gasteiger partial charge in [0.25, 0.3) is 0 Å². The SMILES string of the molecule is CC(C(=O)O)N(C)S(=O)(=O)c1ccc(F)c(F)c1. The number of benzene rings is 1. The Morgan fingerprint density at radius 3 is 2.33 bits per heavy atom. The molecule has 1 N–H and O–H groups in total. The number of rotatable bonds is 4. The molecule has 1 rings (SSSR count). The van der Waals surface area contributed by atoms with Gasteiger partial charge < -0.3 is 5.11 Å². The lowest BCUT2D eigenvalue weighted by atomic mass is 10.3. The topological polar surface area (TPSA) is 74.7 Å². The fraction of sp³-hybridized carbons (Fsp3) is 0.300. The number of aliphatic carboxylic acids is 1. The summed E-state index contributed by atoms with van der Waals surface area (Å²) in [4.78, 5) is 10.2. The summed E-state index contributed by atoms with van der Waals surface area (Å²) < 4.78 is 50.1. The first-order chi connectivity index (χ1) is 8.17. The Kier molecular flexibility index (Phi) is 4.02. The van der Waals surface area contributed by atoms with E-state index < -0.39 is 38.6 Å². The van der Waals surface area contributed by atoms with Crippen molar-refractivity contribution in [2.45, 2.75) is 17.9 Å². The number of nitrogens with zero attached hydrogens (tertiary/aromatic N) is 1. The Morgan fingerprint density at radius 2 is 1.89 bits per heavy atom. The van der Waals surface area contributed by atoms with Crippen LogP contribution in [0.25, 0.3) is 0 Å². The number of halogens is 2. The van der Waals surface area contributed by atoms with Crippen LogP contribution in [0.3, 0.4) is 0 Å². The molecular weight excluding hydrogens is 268 g/mol. The number of likely N-dealkylation sites (N-methyl/N-ethyl adjacent to an activating group) is 1. The molecule has 0 bridgehead atoms. The highest BCUT2D eigenvalue weighted by molar-refractivity contribution is 7.89. The molecule has 18 heavy (non-hydrogen) atoms. The molecule has 0 heterocycles. The lowest BCUT2D eigenvalue weighted by molar-refractivity contribution is -0.140. The van der Waals surface area contributed by atoms with E-state index >= 15 is 0 Å². The molecule has 0 aliphatic heterocycles. The molecule has 1 atom stereocenters. The van der Waals surface area contributed by atoms with E-state index in [0.29, 0.717) is 16.4 Å². The Morgan fingerprint density at radius 1 is 1.33 bits per heavy atom. The maximum absolute atomic E-state index is 13.0. The minimum atomic E-state index is -4.18. The minimum Gasteiger partial charge on any atom is -0.480 e. The summed E-state index contributed by atoms with van der Waals surface area (Å²) in [6, 6.07) is 0.735. The van der Waals surface area contributed by atoms with Crippen molar-refractivity contribution >= 4 is 16.0 Å². The van der Waals surface area contributed by atoms with Crippen molar-refractivity contribution in [1.82, 2.24) is 4.31 Å². The van der Waals surface area contributed by atoms with Crippen molar-refractivity contribution in [3.8, 4) is 0 Å². The Labute approximate surface area is 103 Å². The van der Waals surface area contributed by atoms with Gasteiger partial charge in [-0.3, -0.25) is 4.79 Å². The molecule has 0 aliphatic carbocycles. The monoisotopic (exact) mass is 279 g/mol. The molecule has 0 saturated carbocycles. The molecule has 0 radical (unpaired) electrons. The van der Waals surface area contributed by atoms with Gasteiger partial charge in [-0.25, -0.2) is 17.2 Å². The normalized spacial score (nSPS) is 13.6. The number of carboxylic acids is 1. The standard InChI is InChI=1S/C10H11F2NO4S/c1-6(10(14)15)13(2)18(16,17)7-3-4-8(11)9(12)5-7/h3-6H,1-2H3,(H,14,15). The van der Waals surface area contributed by atoms with Gasteiger partial charge in [0.05, 0.1) is 4.90 Å². The molecule has 1 aromatic rings. The van der Waals surface area contributed by atoms with Gasteiger partial charge in [-0.05, 0) is 25.1 Å². The van der Waals surface area contributed by atoms with Gasteiger partial charge >= 0.3 is 5.97 Å². The molecular formula is C10H11F2NO4S. The van der Waals surface area contributed by atoms with Crippen molar-refractivity contribution in [2.24, 2.45) is 0 Å². The molecule has 0 aromatic heterocycles. The zero-order valence-corrected chi connectivity index (χ0v) is 10.4. The molecule has 1 aromatic carbocycles. The molecule has 0 amide bonds. The maximum Gasteiger partial charge on any atom is 0.321 e. The minimum absolute atomic E-state index is 0.503. The number of hydrogen-bond acceptors (Lipinski definition) is 3. The quantitative estimate of drug-likeness (QED) is 0.894. The van der Waals surface area contributed by atoms with Gasteiger partial charge in [-0.2, -0.15) is 4.31 Å². The second-order valence-electron chi connectivity index (χ2n) is 3.61. The Balaban J connectivity index is 3.21. The van der Waals surface area contributed by atoms with E-state index in [1.54, 1.807) is 0 Å². The van der Waals surface area contributed by atoms with Crippen LogP contribution in [0.5, 0.6) is 0 Å². The summed E-state index contributed by atoms with van der Waals surface area (Å²) in [7, 11) is -3.13. The molecule has 0 fully saturated rings. The lowest BCUT2D eigenvalue weighted by Crippen LogP contribution is -2.40.